The Labute approximate surface area is 86.7 Å². The Balaban J connectivity index is 3.06. The van der Waals surface area contributed by atoms with E-state index in [9.17, 15) is 8.78 Å². The SMILES string of the molecule is CSc1cccc(C(C)(N)C(F)F)c1. The fourth-order valence-electron chi connectivity index (χ4n) is 1.08. The van der Waals surface area contributed by atoms with E-state index < -0.39 is 12.0 Å². The molecule has 4 heteroatoms. The summed E-state index contributed by atoms with van der Waals surface area (Å²) >= 11 is 1.51. The first-order valence-corrected chi connectivity index (χ1v) is 5.42. The maximum atomic E-state index is 12.6. The Hall–Kier alpha value is -0.610. The van der Waals surface area contributed by atoms with Crippen LogP contribution in [0.4, 0.5) is 8.78 Å². The third-order valence-corrected chi connectivity index (χ3v) is 2.87. The third-order valence-electron chi connectivity index (χ3n) is 2.15. The summed E-state index contributed by atoms with van der Waals surface area (Å²) in [6, 6.07) is 6.95. The van der Waals surface area contributed by atoms with Crippen LogP contribution in [0.5, 0.6) is 0 Å². The van der Waals surface area contributed by atoms with E-state index in [1.165, 1.54) is 18.7 Å². The molecular weight excluding hydrogens is 204 g/mol. The zero-order chi connectivity index (χ0) is 10.8. The summed E-state index contributed by atoms with van der Waals surface area (Å²) in [6.45, 7) is 1.34. The van der Waals surface area contributed by atoms with Crippen molar-refractivity contribution < 1.29 is 8.78 Å². The molecule has 0 spiro atoms. The lowest BCUT2D eigenvalue weighted by molar-refractivity contribution is 0.0624. The quantitative estimate of drug-likeness (QED) is 0.788. The molecule has 0 bridgehead atoms. The van der Waals surface area contributed by atoms with Gasteiger partial charge in [-0.25, -0.2) is 8.78 Å². The maximum absolute atomic E-state index is 12.6. The predicted octanol–water partition coefficient (Wildman–Crippen LogP) is 2.85. The molecule has 0 aliphatic rings. The van der Waals surface area contributed by atoms with E-state index >= 15 is 0 Å². The second-order valence-electron chi connectivity index (χ2n) is 3.32. The first-order valence-electron chi connectivity index (χ1n) is 4.20. The van der Waals surface area contributed by atoms with Crippen molar-refractivity contribution in [1.82, 2.24) is 0 Å². The molecule has 0 saturated heterocycles. The molecule has 1 atom stereocenters. The van der Waals surface area contributed by atoms with Gasteiger partial charge in [-0.2, -0.15) is 0 Å². The molecule has 2 N–H and O–H groups in total. The number of benzene rings is 1. The van der Waals surface area contributed by atoms with Crippen LogP contribution < -0.4 is 5.73 Å². The second-order valence-corrected chi connectivity index (χ2v) is 4.19. The van der Waals surface area contributed by atoms with E-state index in [4.69, 9.17) is 5.73 Å². The van der Waals surface area contributed by atoms with Crippen LogP contribution in [-0.2, 0) is 5.54 Å². The average Bonchev–Trinajstić information content (AvgIpc) is 2.17. The minimum absolute atomic E-state index is 0.472. The lowest BCUT2D eigenvalue weighted by atomic mass is 9.94. The van der Waals surface area contributed by atoms with Crippen LogP contribution in [0, 0.1) is 0 Å². The molecule has 1 rings (SSSR count). The molecule has 1 nitrogen and oxygen atoms in total. The van der Waals surface area contributed by atoms with Crippen LogP contribution in [-0.4, -0.2) is 12.7 Å². The van der Waals surface area contributed by atoms with E-state index in [1.807, 2.05) is 12.3 Å². The number of nitrogens with two attached hydrogens (primary N) is 1. The Morgan fingerprint density at radius 1 is 1.43 bits per heavy atom. The molecule has 78 valence electrons. The van der Waals surface area contributed by atoms with Crippen LogP contribution in [0.15, 0.2) is 29.2 Å². The van der Waals surface area contributed by atoms with Gasteiger partial charge in [0.15, 0.2) is 0 Å². The predicted molar refractivity (Wildman–Crippen MR) is 55.8 cm³/mol. The van der Waals surface area contributed by atoms with Crippen molar-refractivity contribution in [3.63, 3.8) is 0 Å². The number of hydrogen-bond donors (Lipinski definition) is 1. The first kappa shape index (κ1) is 11.5. The molecule has 0 aliphatic carbocycles. The molecule has 0 aromatic heterocycles. The summed E-state index contributed by atoms with van der Waals surface area (Å²) in [6.07, 6.45) is -0.658. The van der Waals surface area contributed by atoms with E-state index in [-0.39, 0.29) is 0 Å². The van der Waals surface area contributed by atoms with Gasteiger partial charge in [0.1, 0.15) is 0 Å². The largest absolute Gasteiger partial charge is 0.317 e. The molecule has 1 aromatic carbocycles. The normalized spacial score (nSPS) is 15.6. The van der Waals surface area contributed by atoms with Gasteiger partial charge in [-0.05, 0) is 30.9 Å². The first-order chi connectivity index (χ1) is 6.48. The van der Waals surface area contributed by atoms with Crippen molar-refractivity contribution in [2.45, 2.75) is 23.8 Å². The third kappa shape index (κ3) is 2.25. The Morgan fingerprint density at radius 2 is 2.07 bits per heavy atom. The number of alkyl halides is 2. The minimum atomic E-state index is -2.56. The van der Waals surface area contributed by atoms with Crippen LogP contribution in [0.25, 0.3) is 0 Å². The molecule has 0 heterocycles. The number of halogens is 2. The van der Waals surface area contributed by atoms with Crippen molar-refractivity contribution in [1.29, 1.82) is 0 Å². The molecule has 0 amide bonds. The summed E-state index contributed by atoms with van der Waals surface area (Å²) in [7, 11) is 0. The second kappa shape index (κ2) is 4.28. The van der Waals surface area contributed by atoms with Crippen molar-refractivity contribution in [2.24, 2.45) is 5.73 Å². The summed E-state index contributed by atoms with van der Waals surface area (Å²) < 4.78 is 25.2. The highest BCUT2D eigenvalue weighted by atomic mass is 32.2. The van der Waals surface area contributed by atoms with Gasteiger partial charge in [-0.15, -0.1) is 11.8 Å². The van der Waals surface area contributed by atoms with Crippen molar-refractivity contribution in [2.75, 3.05) is 6.26 Å². The standard InChI is InChI=1S/C10H13F2NS/c1-10(13,9(11)12)7-4-3-5-8(6-7)14-2/h3-6,9H,13H2,1-2H3. The fourth-order valence-corrected chi connectivity index (χ4v) is 1.54. The van der Waals surface area contributed by atoms with E-state index in [0.29, 0.717) is 5.56 Å². The molecule has 1 unspecified atom stereocenters. The van der Waals surface area contributed by atoms with Gasteiger partial charge in [-0.1, -0.05) is 12.1 Å². The van der Waals surface area contributed by atoms with Gasteiger partial charge in [0.25, 0.3) is 6.43 Å². The molecular formula is C10H13F2NS. The molecule has 14 heavy (non-hydrogen) atoms. The average molecular weight is 217 g/mol. The highest BCUT2D eigenvalue weighted by molar-refractivity contribution is 7.98. The zero-order valence-electron chi connectivity index (χ0n) is 8.13. The summed E-state index contributed by atoms with van der Waals surface area (Å²) in [5.41, 5.74) is 4.45. The van der Waals surface area contributed by atoms with Gasteiger partial charge in [0, 0.05) is 4.90 Å². The highest BCUT2D eigenvalue weighted by Crippen LogP contribution is 2.27. The van der Waals surface area contributed by atoms with Gasteiger partial charge >= 0.3 is 0 Å². The summed E-state index contributed by atoms with van der Waals surface area (Å²) in [4.78, 5) is 0.944. The molecule has 0 fully saturated rings. The summed E-state index contributed by atoms with van der Waals surface area (Å²) in [5, 5.41) is 0. The van der Waals surface area contributed by atoms with E-state index in [0.717, 1.165) is 4.90 Å². The number of rotatable bonds is 3. The van der Waals surface area contributed by atoms with Gasteiger partial charge in [-0.3, -0.25) is 0 Å². The monoisotopic (exact) mass is 217 g/mol. The van der Waals surface area contributed by atoms with Crippen LogP contribution in [0.3, 0.4) is 0 Å². The van der Waals surface area contributed by atoms with Crippen LogP contribution in [0.1, 0.15) is 12.5 Å². The Morgan fingerprint density at radius 3 is 2.57 bits per heavy atom. The Kier molecular flexibility index (Phi) is 3.50. The Bertz CT molecular complexity index is 313. The lowest BCUT2D eigenvalue weighted by Crippen LogP contribution is -2.40. The minimum Gasteiger partial charge on any atom is -0.317 e. The molecule has 0 saturated carbocycles. The topological polar surface area (TPSA) is 26.0 Å². The maximum Gasteiger partial charge on any atom is 0.260 e. The van der Waals surface area contributed by atoms with Gasteiger partial charge < -0.3 is 5.73 Å². The van der Waals surface area contributed by atoms with Crippen LogP contribution >= 0.6 is 11.8 Å². The van der Waals surface area contributed by atoms with E-state index in [2.05, 4.69) is 0 Å². The molecule has 1 aromatic rings. The number of thioether (sulfide) groups is 1. The highest BCUT2D eigenvalue weighted by Gasteiger charge is 2.32. The molecule has 0 radical (unpaired) electrons. The molecule has 0 aliphatic heterocycles. The number of hydrogen-bond acceptors (Lipinski definition) is 2. The van der Waals surface area contributed by atoms with Crippen LogP contribution in [0.2, 0.25) is 0 Å². The van der Waals surface area contributed by atoms with E-state index in [1.54, 1.807) is 18.2 Å². The van der Waals surface area contributed by atoms with Crippen molar-refractivity contribution in [3.8, 4) is 0 Å². The summed E-state index contributed by atoms with van der Waals surface area (Å²) in [5.74, 6) is 0. The lowest BCUT2D eigenvalue weighted by Gasteiger charge is -2.24. The fraction of sp³-hybridized carbons (Fsp3) is 0.400. The zero-order valence-corrected chi connectivity index (χ0v) is 8.94. The van der Waals surface area contributed by atoms with Crippen molar-refractivity contribution in [3.05, 3.63) is 29.8 Å². The smallest absolute Gasteiger partial charge is 0.260 e. The van der Waals surface area contributed by atoms with Gasteiger partial charge in [0.2, 0.25) is 0 Å². The van der Waals surface area contributed by atoms with Gasteiger partial charge in [0.05, 0.1) is 5.54 Å². The van der Waals surface area contributed by atoms with Crippen molar-refractivity contribution >= 4 is 11.8 Å².